The van der Waals surface area contributed by atoms with Gasteiger partial charge in [0.25, 0.3) is 0 Å². The molecule has 0 saturated heterocycles. The van der Waals surface area contributed by atoms with Crippen LogP contribution in [0.4, 0.5) is 4.39 Å². The first kappa shape index (κ1) is 15.1. The summed E-state index contributed by atoms with van der Waals surface area (Å²) < 4.78 is 12.8. The largest absolute Gasteiger partial charge is 0.480 e. The number of nitrogens with one attached hydrogen (secondary N) is 1. The predicted octanol–water partition coefficient (Wildman–Crippen LogP) is 2.30. The Kier molecular flexibility index (Phi) is 5.48. The summed E-state index contributed by atoms with van der Waals surface area (Å²) in [5, 5.41) is 11.3. The molecule has 5 heteroatoms. The number of rotatable bonds is 6. The number of halogens is 1. The highest BCUT2D eigenvalue weighted by Crippen LogP contribution is 2.19. The van der Waals surface area contributed by atoms with Crippen molar-refractivity contribution in [2.45, 2.75) is 38.6 Å². The Morgan fingerprint density at radius 2 is 1.89 bits per heavy atom. The molecule has 1 amide bonds. The summed E-state index contributed by atoms with van der Waals surface area (Å²) in [6, 6.07) is 5.09. The van der Waals surface area contributed by atoms with Gasteiger partial charge in [-0.2, -0.15) is 0 Å². The van der Waals surface area contributed by atoms with Crippen LogP contribution < -0.4 is 5.32 Å². The minimum atomic E-state index is -1.04. The lowest BCUT2D eigenvalue weighted by molar-refractivity contribution is -0.141. The minimum Gasteiger partial charge on any atom is -0.480 e. The number of carbonyl (C=O) groups is 2. The molecule has 2 atom stereocenters. The molecule has 0 heterocycles. The second-order valence-electron chi connectivity index (χ2n) is 4.52. The van der Waals surface area contributed by atoms with Crippen molar-refractivity contribution in [3.63, 3.8) is 0 Å². The van der Waals surface area contributed by atoms with Gasteiger partial charge < -0.3 is 10.4 Å². The lowest BCUT2D eigenvalue weighted by Crippen LogP contribution is -2.40. The van der Waals surface area contributed by atoms with Crippen LogP contribution in [0.15, 0.2) is 24.3 Å². The highest BCUT2D eigenvalue weighted by molar-refractivity contribution is 5.83. The molecule has 2 unspecified atom stereocenters. The van der Waals surface area contributed by atoms with E-state index in [1.165, 1.54) is 12.1 Å². The second kappa shape index (κ2) is 6.87. The monoisotopic (exact) mass is 267 g/mol. The SMILES string of the molecule is CCC(NC(=O)CC(C)c1ccc(F)cc1)C(=O)O. The normalized spacial score (nSPS) is 13.6. The molecule has 1 aromatic carbocycles. The molecule has 0 aliphatic heterocycles. The summed E-state index contributed by atoms with van der Waals surface area (Å²) in [4.78, 5) is 22.5. The van der Waals surface area contributed by atoms with Crippen LogP contribution >= 0.6 is 0 Å². The van der Waals surface area contributed by atoms with E-state index in [9.17, 15) is 14.0 Å². The first-order valence-electron chi connectivity index (χ1n) is 6.21. The molecule has 0 saturated carbocycles. The molecule has 1 aromatic rings. The van der Waals surface area contributed by atoms with Crippen molar-refractivity contribution in [2.24, 2.45) is 0 Å². The van der Waals surface area contributed by atoms with Gasteiger partial charge in [-0.05, 0) is 30.0 Å². The molecule has 0 aromatic heterocycles. The zero-order valence-corrected chi connectivity index (χ0v) is 11.0. The summed E-state index contributed by atoms with van der Waals surface area (Å²) in [5.74, 6) is -1.76. The highest BCUT2D eigenvalue weighted by Gasteiger charge is 2.19. The number of carboxylic acid groups (broad SMARTS) is 1. The third-order valence-electron chi connectivity index (χ3n) is 2.97. The molecule has 0 aliphatic carbocycles. The number of carbonyl (C=O) groups excluding carboxylic acids is 1. The lowest BCUT2D eigenvalue weighted by atomic mass is 9.97. The van der Waals surface area contributed by atoms with Crippen molar-refractivity contribution < 1.29 is 19.1 Å². The summed E-state index contributed by atoms with van der Waals surface area (Å²) in [5.41, 5.74) is 0.847. The smallest absolute Gasteiger partial charge is 0.326 e. The summed E-state index contributed by atoms with van der Waals surface area (Å²) in [6.45, 7) is 3.54. The molecular formula is C14H18FNO3. The van der Waals surface area contributed by atoms with E-state index in [1.807, 2.05) is 6.92 Å². The van der Waals surface area contributed by atoms with Crippen LogP contribution in [0.1, 0.15) is 38.2 Å². The molecule has 19 heavy (non-hydrogen) atoms. The fraction of sp³-hybridized carbons (Fsp3) is 0.429. The molecule has 0 radical (unpaired) electrons. The Morgan fingerprint density at radius 1 is 1.32 bits per heavy atom. The topological polar surface area (TPSA) is 66.4 Å². The van der Waals surface area contributed by atoms with Gasteiger partial charge in [-0.15, -0.1) is 0 Å². The van der Waals surface area contributed by atoms with Gasteiger partial charge in [-0.3, -0.25) is 4.79 Å². The van der Waals surface area contributed by atoms with E-state index >= 15 is 0 Å². The maximum Gasteiger partial charge on any atom is 0.326 e. The molecule has 0 aliphatic rings. The summed E-state index contributed by atoms with van der Waals surface area (Å²) in [7, 11) is 0. The van der Waals surface area contributed by atoms with Gasteiger partial charge in [0.05, 0.1) is 0 Å². The van der Waals surface area contributed by atoms with Gasteiger partial charge in [0.15, 0.2) is 0 Å². The number of hydrogen-bond acceptors (Lipinski definition) is 2. The molecule has 1 rings (SSSR count). The van der Waals surface area contributed by atoms with Crippen LogP contribution in [0.5, 0.6) is 0 Å². The standard InChI is InChI=1S/C14H18FNO3/c1-3-12(14(18)19)16-13(17)8-9(2)10-4-6-11(15)7-5-10/h4-7,9,12H,3,8H2,1-2H3,(H,16,17)(H,18,19). The Morgan fingerprint density at radius 3 is 2.37 bits per heavy atom. The quantitative estimate of drug-likeness (QED) is 0.831. The van der Waals surface area contributed by atoms with Gasteiger partial charge in [0.1, 0.15) is 11.9 Å². The van der Waals surface area contributed by atoms with Crippen molar-refractivity contribution in [2.75, 3.05) is 0 Å². The predicted molar refractivity (Wildman–Crippen MR) is 69.3 cm³/mol. The van der Waals surface area contributed by atoms with Crippen molar-refractivity contribution in [1.82, 2.24) is 5.32 Å². The van der Waals surface area contributed by atoms with Gasteiger partial charge in [0.2, 0.25) is 5.91 Å². The van der Waals surface area contributed by atoms with Crippen LogP contribution in [-0.2, 0) is 9.59 Å². The van der Waals surface area contributed by atoms with Gasteiger partial charge in [-0.1, -0.05) is 26.0 Å². The maximum atomic E-state index is 12.8. The van der Waals surface area contributed by atoms with Crippen LogP contribution in [0.3, 0.4) is 0 Å². The van der Waals surface area contributed by atoms with Crippen molar-refractivity contribution in [3.8, 4) is 0 Å². The molecular weight excluding hydrogens is 249 g/mol. The van der Waals surface area contributed by atoms with E-state index in [4.69, 9.17) is 5.11 Å². The fourth-order valence-corrected chi connectivity index (χ4v) is 1.78. The second-order valence-corrected chi connectivity index (χ2v) is 4.52. The van der Waals surface area contributed by atoms with E-state index in [0.717, 1.165) is 5.56 Å². The van der Waals surface area contributed by atoms with Crippen molar-refractivity contribution >= 4 is 11.9 Å². The zero-order valence-electron chi connectivity index (χ0n) is 11.0. The first-order chi connectivity index (χ1) is 8.93. The van der Waals surface area contributed by atoms with Gasteiger partial charge >= 0.3 is 5.97 Å². The molecule has 104 valence electrons. The number of carboxylic acids is 1. The van der Waals surface area contributed by atoms with Crippen LogP contribution in [-0.4, -0.2) is 23.0 Å². The number of hydrogen-bond donors (Lipinski definition) is 2. The van der Waals surface area contributed by atoms with E-state index < -0.39 is 12.0 Å². The van der Waals surface area contributed by atoms with Crippen LogP contribution in [0, 0.1) is 5.82 Å². The van der Waals surface area contributed by atoms with Gasteiger partial charge in [0, 0.05) is 6.42 Å². The Bertz CT molecular complexity index is 445. The Labute approximate surface area is 111 Å². The molecule has 4 nitrogen and oxygen atoms in total. The minimum absolute atomic E-state index is 0.0908. The van der Waals surface area contributed by atoms with E-state index in [-0.39, 0.29) is 24.1 Å². The third kappa shape index (κ3) is 4.69. The number of benzene rings is 1. The number of amides is 1. The Hall–Kier alpha value is -1.91. The Balaban J connectivity index is 2.56. The molecule has 0 bridgehead atoms. The number of aliphatic carboxylic acids is 1. The van der Waals surface area contributed by atoms with Crippen molar-refractivity contribution in [3.05, 3.63) is 35.6 Å². The zero-order chi connectivity index (χ0) is 14.4. The van der Waals surface area contributed by atoms with Crippen LogP contribution in [0.2, 0.25) is 0 Å². The first-order valence-corrected chi connectivity index (χ1v) is 6.21. The van der Waals surface area contributed by atoms with Gasteiger partial charge in [-0.25, -0.2) is 9.18 Å². The van der Waals surface area contributed by atoms with Crippen LogP contribution in [0.25, 0.3) is 0 Å². The fourth-order valence-electron chi connectivity index (χ4n) is 1.78. The van der Waals surface area contributed by atoms with E-state index in [2.05, 4.69) is 5.32 Å². The summed E-state index contributed by atoms with van der Waals surface area (Å²) >= 11 is 0. The third-order valence-corrected chi connectivity index (χ3v) is 2.97. The molecule has 0 fully saturated rings. The molecule has 2 N–H and O–H groups in total. The van der Waals surface area contributed by atoms with E-state index in [1.54, 1.807) is 19.1 Å². The lowest BCUT2D eigenvalue weighted by Gasteiger charge is -2.15. The van der Waals surface area contributed by atoms with Crippen molar-refractivity contribution in [1.29, 1.82) is 0 Å². The average molecular weight is 267 g/mol. The van der Waals surface area contributed by atoms with E-state index in [0.29, 0.717) is 6.42 Å². The maximum absolute atomic E-state index is 12.8. The highest BCUT2D eigenvalue weighted by atomic mass is 19.1. The molecule has 0 spiro atoms. The summed E-state index contributed by atoms with van der Waals surface area (Å²) in [6.07, 6.45) is 0.515. The average Bonchev–Trinajstić information content (AvgIpc) is 2.36.